The molecule has 1 saturated heterocycles. The fraction of sp³-hybridized carbons (Fsp3) is 0.545. The summed E-state index contributed by atoms with van der Waals surface area (Å²) in [7, 11) is 3.45. The van der Waals surface area contributed by atoms with E-state index in [1.54, 1.807) is 19.0 Å². The van der Waals surface area contributed by atoms with Gasteiger partial charge in [-0.15, -0.1) is 0 Å². The van der Waals surface area contributed by atoms with E-state index in [4.69, 9.17) is 4.74 Å². The first-order valence-corrected chi connectivity index (χ1v) is 10.6. The fourth-order valence-electron chi connectivity index (χ4n) is 3.24. The molecule has 170 valence electrons. The average Bonchev–Trinajstić information content (AvgIpc) is 2.75. The van der Waals surface area contributed by atoms with Crippen molar-refractivity contribution in [3.05, 3.63) is 29.8 Å². The third-order valence-electron chi connectivity index (χ3n) is 4.98. The van der Waals surface area contributed by atoms with E-state index in [2.05, 4.69) is 10.6 Å². The number of carbonyl (C=O) groups is 4. The van der Waals surface area contributed by atoms with Crippen LogP contribution < -0.4 is 10.6 Å². The summed E-state index contributed by atoms with van der Waals surface area (Å²) in [5.41, 5.74) is 1.74. The Morgan fingerprint density at radius 3 is 2.77 bits per heavy atom. The van der Waals surface area contributed by atoms with Gasteiger partial charge in [0.25, 0.3) is 0 Å². The third kappa shape index (κ3) is 7.58. The summed E-state index contributed by atoms with van der Waals surface area (Å²) in [6.45, 7) is 2.86. The van der Waals surface area contributed by atoms with Gasteiger partial charge in [-0.3, -0.25) is 19.2 Å². The smallest absolute Gasteiger partial charge is 0.308 e. The lowest BCUT2D eigenvalue weighted by Gasteiger charge is -2.34. The Kier molecular flexibility index (Phi) is 9.30. The van der Waals surface area contributed by atoms with Crippen molar-refractivity contribution in [3.8, 4) is 0 Å². The molecule has 2 rings (SSSR count). The molecule has 0 aliphatic carbocycles. The number of anilines is 1. The summed E-state index contributed by atoms with van der Waals surface area (Å²) < 4.78 is 5.07. The van der Waals surface area contributed by atoms with Crippen LogP contribution in [0.2, 0.25) is 0 Å². The van der Waals surface area contributed by atoms with Crippen molar-refractivity contribution >= 4 is 29.4 Å². The second kappa shape index (κ2) is 11.9. The number of ether oxygens (including phenoxy) is 1. The van der Waals surface area contributed by atoms with Crippen LogP contribution in [-0.2, 0) is 30.3 Å². The summed E-state index contributed by atoms with van der Waals surface area (Å²) in [6.07, 6.45) is 1.55. The summed E-state index contributed by atoms with van der Waals surface area (Å²) in [4.78, 5) is 51.8. The first kappa shape index (κ1) is 24.2. The van der Waals surface area contributed by atoms with Crippen LogP contribution in [0.1, 0.15) is 31.7 Å². The van der Waals surface area contributed by atoms with Crippen LogP contribution in [-0.4, -0.2) is 79.9 Å². The van der Waals surface area contributed by atoms with Gasteiger partial charge in [0.2, 0.25) is 17.7 Å². The van der Waals surface area contributed by atoms with E-state index in [1.807, 2.05) is 31.2 Å². The molecule has 31 heavy (non-hydrogen) atoms. The zero-order valence-corrected chi connectivity index (χ0v) is 18.5. The van der Waals surface area contributed by atoms with Gasteiger partial charge in [-0.2, -0.15) is 0 Å². The van der Waals surface area contributed by atoms with E-state index in [9.17, 15) is 19.2 Å². The van der Waals surface area contributed by atoms with Gasteiger partial charge in [0, 0.05) is 39.3 Å². The number of aryl methyl sites for hydroxylation is 1. The number of benzene rings is 1. The van der Waals surface area contributed by atoms with Gasteiger partial charge in [-0.1, -0.05) is 19.1 Å². The van der Waals surface area contributed by atoms with E-state index in [0.29, 0.717) is 39.0 Å². The number of nitrogens with one attached hydrogen (secondary N) is 2. The lowest BCUT2D eigenvalue weighted by atomic mass is 10.1. The molecule has 1 fully saturated rings. The minimum Gasteiger partial charge on any atom is -0.466 e. The Morgan fingerprint density at radius 1 is 1.29 bits per heavy atom. The monoisotopic (exact) mass is 432 g/mol. The molecule has 0 bridgehead atoms. The normalized spacial score (nSPS) is 15.8. The summed E-state index contributed by atoms with van der Waals surface area (Å²) >= 11 is 0. The summed E-state index contributed by atoms with van der Waals surface area (Å²) in [5.74, 6) is -1.05. The molecule has 3 amide bonds. The molecule has 1 aliphatic rings. The molecule has 1 aromatic carbocycles. The topological polar surface area (TPSA) is 108 Å². The molecule has 0 aromatic heterocycles. The predicted molar refractivity (Wildman–Crippen MR) is 116 cm³/mol. The molecule has 0 radical (unpaired) electrons. The largest absolute Gasteiger partial charge is 0.466 e. The van der Waals surface area contributed by atoms with Crippen LogP contribution in [0.25, 0.3) is 0 Å². The van der Waals surface area contributed by atoms with Crippen LogP contribution >= 0.6 is 0 Å². The zero-order valence-electron chi connectivity index (χ0n) is 18.5. The Morgan fingerprint density at radius 2 is 2.06 bits per heavy atom. The van der Waals surface area contributed by atoms with Gasteiger partial charge in [0.1, 0.15) is 6.04 Å². The summed E-state index contributed by atoms with van der Waals surface area (Å²) in [6, 6.07) is 6.67. The molecule has 2 N–H and O–H groups in total. The number of esters is 1. The molecule has 1 aromatic rings. The summed E-state index contributed by atoms with van der Waals surface area (Å²) in [5, 5.41) is 5.78. The van der Waals surface area contributed by atoms with Gasteiger partial charge < -0.3 is 25.2 Å². The lowest BCUT2D eigenvalue weighted by Crippen LogP contribution is -2.58. The van der Waals surface area contributed by atoms with Crippen LogP contribution in [0.3, 0.4) is 0 Å². The number of piperazine rings is 1. The molecule has 9 heteroatoms. The lowest BCUT2D eigenvalue weighted by molar-refractivity contribution is -0.151. The Balaban J connectivity index is 1.94. The Labute approximate surface area is 183 Å². The molecule has 0 saturated carbocycles. The SMILES string of the molecule is CCCOC(=O)CC1C(=O)NCCN1C(=O)CNc1cccc(CCC(=O)N(C)C)c1. The van der Waals surface area contributed by atoms with Crippen molar-refractivity contribution in [1.82, 2.24) is 15.1 Å². The highest BCUT2D eigenvalue weighted by Gasteiger charge is 2.34. The maximum Gasteiger partial charge on any atom is 0.308 e. The standard InChI is InChI=1S/C22H32N4O5/c1-4-12-31-21(29)14-18-22(30)23-10-11-26(18)20(28)15-24-17-7-5-6-16(13-17)8-9-19(27)25(2)3/h5-7,13,18,24H,4,8-12,14-15H2,1-3H3,(H,23,30). The molecular weight excluding hydrogens is 400 g/mol. The number of amides is 3. The first-order valence-electron chi connectivity index (χ1n) is 10.6. The fourth-order valence-corrected chi connectivity index (χ4v) is 3.24. The van der Waals surface area contributed by atoms with Gasteiger partial charge in [-0.05, 0) is 30.5 Å². The molecule has 1 aliphatic heterocycles. The molecule has 1 unspecified atom stereocenters. The number of rotatable bonds is 10. The van der Waals surface area contributed by atoms with Gasteiger partial charge in [0.15, 0.2) is 0 Å². The maximum absolute atomic E-state index is 12.8. The Hall–Kier alpha value is -3.10. The van der Waals surface area contributed by atoms with E-state index in [0.717, 1.165) is 11.3 Å². The second-order valence-corrected chi connectivity index (χ2v) is 7.66. The van der Waals surface area contributed by atoms with E-state index in [-0.39, 0.29) is 30.7 Å². The van der Waals surface area contributed by atoms with Crippen molar-refractivity contribution in [2.24, 2.45) is 0 Å². The van der Waals surface area contributed by atoms with Crippen molar-refractivity contribution in [1.29, 1.82) is 0 Å². The quantitative estimate of drug-likeness (QED) is 0.529. The predicted octanol–water partition coefficient (Wildman–Crippen LogP) is 0.790. The number of hydrogen-bond donors (Lipinski definition) is 2. The van der Waals surface area contributed by atoms with Gasteiger partial charge in [0.05, 0.1) is 19.6 Å². The molecule has 1 atom stereocenters. The third-order valence-corrected chi connectivity index (χ3v) is 4.98. The number of nitrogens with zero attached hydrogens (tertiary/aromatic N) is 2. The van der Waals surface area contributed by atoms with Crippen molar-refractivity contribution in [2.45, 2.75) is 38.6 Å². The van der Waals surface area contributed by atoms with Crippen LogP contribution in [0.15, 0.2) is 24.3 Å². The zero-order chi connectivity index (χ0) is 22.8. The van der Waals surface area contributed by atoms with E-state index < -0.39 is 12.0 Å². The minimum absolute atomic E-state index is 0.00608. The Bertz CT molecular complexity index is 796. The second-order valence-electron chi connectivity index (χ2n) is 7.66. The highest BCUT2D eigenvalue weighted by atomic mass is 16.5. The van der Waals surface area contributed by atoms with Crippen molar-refractivity contribution in [3.63, 3.8) is 0 Å². The van der Waals surface area contributed by atoms with Crippen LogP contribution in [0.4, 0.5) is 5.69 Å². The highest BCUT2D eigenvalue weighted by Crippen LogP contribution is 2.14. The number of carbonyl (C=O) groups excluding carboxylic acids is 4. The maximum atomic E-state index is 12.8. The first-order chi connectivity index (χ1) is 14.8. The highest BCUT2D eigenvalue weighted by molar-refractivity contribution is 5.93. The molecular formula is C22H32N4O5. The average molecular weight is 433 g/mol. The van der Waals surface area contributed by atoms with E-state index in [1.165, 1.54) is 4.90 Å². The van der Waals surface area contributed by atoms with Crippen molar-refractivity contribution in [2.75, 3.05) is 45.7 Å². The van der Waals surface area contributed by atoms with Crippen LogP contribution in [0.5, 0.6) is 0 Å². The van der Waals surface area contributed by atoms with Crippen LogP contribution in [0, 0.1) is 0 Å². The molecule has 9 nitrogen and oxygen atoms in total. The minimum atomic E-state index is -0.865. The van der Waals surface area contributed by atoms with Crippen molar-refractivity contribution < 1.29 is 23.9 Å². The number of hydrogen-bond acceptors (Lipinski definition) is 6. The molecule has 1 heterocycles. The van der Waals surface area contributed by atoms with Gasteiger partial charge in [-0.25, -0.2) is 0 Å². The van der Waals surface area contributed by atoms with E-state index >= 15 is 0 Å². The van der Waals surface area contributed by atoms with Gasteiger partial charge >= 0.3 is 5.97 Å². The molecule has 0 spiro atoms.